The number of hydrogen-bond donors (Lipinski definition) is 2. The number of nitro groups is 2. The summed E-state index contributed by atoms with van der Waals surface area (Å²) in [5.74, 6) is -0.405. The van der Waals surface area contributed by atoms with E-state index in [2.05, 4.69) is 9.98 Å². The summed E-state index contributed by atoms with van der Waals surface area (Å²) in [6.07, 6.45) is 2.45. The number of phenols is 2. The third kappa shape index (κ3) is 5.19. The molecule has 0 atom stereocenters. The van der Waals surface area contributed by atoms with Crippen molar-refractivity contribution in [2.45, 2.75) is 0 Å². The van der Waals surface area contributed by atoms with Gasteiger partial charge in [0, 0.05) is 52.8 Å². The van der Waals surface area contributed by atoms with Gasteiger partial charge >= 0.3 is 0 Å². The van der Waals surface area contributed by atoms with Gasteiger partial charge in [-0.25, -0.2) is 0 Å². The average Bonchev–Trinajstić information content (AvgIpc) is 2.73. The standard InChI is InChI=1S/C20H13ClN4O6/c21-14-1-4-17(22-10-12-7-15(24(28)29)2-5-19(12)26)18(9-14)23-11-13-8-16(25(30)31)3-6-20(13)27/h1-11,26-27H/b22-10+,23-11+. The molecule has 0 aliphatic rings. The molecule has 0 radical (unpaired) electrons. The van der Waals surface area contributed by atoms with Crippen LogP contribution in [0.3, 0.4) is 0 Å². The summed E-state index contributed by atoms with van der Waals surface area (Å²) >= 11 is 6.02. The van der Waals surface area contributed by atoms with Crippen LogP contribution in [0.25, 0.3) is 0 Å². The van der Waals surface area contributed by atoms with Crippen LogP contribution in [-0.4, -0.2) is 32.5 Å². The van der Waals surface area contributed by atoms with E-state index < -0.39 is 9.85 Å². The Hall–Kier alpha value is -4.31. The topological polar surface area (TPSA) is 151 Å². The molecule has 10 nitrogen and oxygen atoms in total. The lowest BCUT2D eigenvalue weighted by Crippen LogP contribution is -1.91. The van der Waals surface area contributed by atoms with Gasteiger partial charge in [-0.15, -0.1) is 0 Å². The van der Waals surface area contributed by atoms with Crippen LogP contribution in [0, 0.1) is 20.2 Å². The van der Waals surface area contributed by atoms with E-state index in [1.807, 2.05) is 0 Å². The van der Waals surface area contributed by atoms with Crippen LogP contribution in [0.5, 0.6) is 11.5 Å². The molecule has 3 rings (SSSR count). The average molecular weight is 441 g/mol. The van der Waals surface area contributed by atoms with E-state index in [9.17, 15) is 30.4 Å². The molecule has 0 spiro atoms. The summed E-state index contributed by atoms with van der Waals surface area (Å²) in [4.78, 5) is 29.1. The number of phenolic OH excluding ortho intramolecular Hbond substituents is 2. The Balaban J connectivity index is 1.97. The predicted molar refractivity (Wildman–Crippen MR) is 115 cm³/mol. The molecule has 0 unspecified atom stereocenters. The molecular weight excluding hydrogens is 428 g/mol. The second-order valence-electron chi connectivity index (χ2n) is 6.15. The van der Waals surface area contributed by atoms with E-state index in [-0.39, 0.29) is 39.7 Å². The van der Waals surface area contributed by atoms with Crippen LogP contribution in [0.4, 0.5) is 22.7 Å². The van der Waals surface area contributed by atoms with Crippen molar-refractivity contribution in [3.05, 3.63) is 91.0 Å². The van der Waals surface area contributed by atoms with Gasteiger partial charge in [0.1, 0.15) is 11.5 Å². The number of benzene rings is 3. The van der Waals surface area contributed by atoms with Crippen LogP contribution in [0.1, 0.15) is 11.1 Å². The molecule has 2 N–H and O–H groups in total. The Labute approximate surface area is 179 Å². The second kappa shape index (κ2) is 9.01. The summed E-state index contributed by atoms with van der Waals surface area (Å²) in [6.45, 7) is 0. The zero-order valence-electron chi connectivity index (χ0n) is 15.5. The highest BCUT2D eigenvalue weighted by molar-refractivity contribution is 6.31. The minimum absolute atomic E-state index is 0.112. The molecule has 0 saturated carbocycles. The van der Waals surface area contributed by atoms with Crippen molar-refractivity contribution in [1.82, 2.24) is 0 Å². The number of aromatic hydroxyl groups is 2. The van der Waals surface area contributed by atoms with Gasteiger partial charge < -0.3 is 10.2 Å². The van der Waals surface area contributed by atoms with Crippen molar-refractivity contribution in [1.29, 1.82) is 0 Å². The number of aliphatic imine (C=N–C) groups is 2. The molecule has 0 aliphatic carbocycles. The lowest BCUT2D eigenvalue weighted by molar-refractivity contribution is -0.385. The van der Waals surface area contributed by atoms with Crippen molar-refractivity contribution in [3.8, 4) is 11.5 Å². The smallest absolute Gasteiger partial charge is 0.270 e. The number of rotatable bonds is 6. The Morgan fingerprint density at radius 3 is 1.71 bits per heavy atom. The van der Waals surface area contributed by atoms with Crippen molar-refractivity contribution < 1.29 is 20.1 Å². The number of hydrogen-bond acceptors (Lipinski definition) is 8. The summed E-state index contributed by atoms with van der Waals surface area (Å²) in [6, 6.07) is 11.6. The summed E-state index contributed by atoms with van der Waals surface area (Å²) in [5, 5.41) is 42.0. The minimum atomic E-state index is -0.600. The maximum Gasteiger partial charge on any atom is 0.270 e. The second-order valence-corrected chi connectivity index (χ2v) is 6.59. The third-order valence-corrected chi connectivity index (χ3v) is 4.30. The molecule has 0 bridgehead atoms. The van der Waals surface area contributed by atoms with Gasteiger partial charge in [0.15, 0.2) is 0 Å². The molecular formula is C20H13ClN4O6. The van der Waals surface area contributed by atoms with Crippen LogP contribution < -0.4 is 0 Å². The van der Waals surface area contributed by atoms with Crippen LogP contribution >= 0.6 is 11.6 Å². The summed E-state index contributed by atoms with van der Waals surface area (Å²) in [5.41, 5.74) is 0.367. The third-order valence-electron chi connectivity index (χ3n) is 4.07. The Morgan fingerprint density at radius 2 is 1.23 bits per heavy atom. The Bertz CT molecular complexity index is 1240. The highest BCUT2D eigenvalue weighted by Gasteiger charge is 2.11. The van der Waals surface area contributed by atoms with E-state index >= 15 is 0 Å². The highest BCUT2D eigenvalue weighted by Crippen LogP contribution is 2.32. The lowest BCUT2D eigenvalue weighted by atomic mass is 10.2. The van der Waals surface area contributed by atoms with Crippen LogP contribution in [-0.2, 0) is 0 Å². The molecule has 156 valence electrons. The van der Waals surface area contributed by atoms with Gasteiger partial charge in [-0.1, -0.05) is 11.6 Å². The first-order chi connectivity index (χ1) is 14.7. The van der Waals surface area contributed by atoms with Gasteiger partial charge in [-0.3, -0.25) is 30.2 Å². The van der Waals surface area contributed by atoms with Crippen molar-refractivity contribution >= 4 is 46.8 Å². The highest BCUT2D eigenvalue weighted by atomic mass is 35.5. The molecule has 3 aromatic carbocycles. The number of nitrogens with zero attached hydrogens (tertiary/aromatic N) is 4. The van der Waals surface area contributed by atoms with Crippen molar-refractivity contribution in [2.75, 3.05) is 0 Å². The first-order valence-corrected chi connectivity index (χ1v) is 8.95. The van der Waals surface area contributed by atoms with E-state index in [0.29, 0.717) is 10.7 Å². The zero-order chi connectivity index (χ0) is 22.5. The molecule has 0 aliphatic heterocycles. The zero-order valence-corrected chi connectivity index (χ0v) is 16.3. The molecule has 31 heavy (non-hydrogen) atoms. The van der Waals surface area contributed by atoms with Gasteiger partial charge in [-0.2, -0.15) is 0 Å². The first kappa shape index (κ1) is 21.4. The maximum absolute atomic E-state index is 10.9. The Morgan fingerprint density at radius 1 is 0.742 bits per heavy atom. The lowest BCUT2D eigenvalue weighted by Gasteiger charge is -2.03. The van der Waals surface area contributed by atoms with Crippen molar-refractivity contribution in [3.63, 3.8) is 0 Å². The fourth-order valence-corrected chi connectivity index (χ4v) is 2.67. The normalized spacial score (nSPS) is 11.3. The van der Waals surface area contributed by atoms with Crippen molar-refractivity contribution in [2.24, 2.45) is 9.98 Å². The number of halogens is 1. The molecule has 0 aromatic heterocycles. The van der Waals surface area contributed by atoms with Gasteiger partial charge in [0.25, 0.3) is 11.4 Å². The molecule has 11 heteroatoms. The Kier molecular flexibility index (Phi) is 6.22. The van der Waals surface area contributed by atoms with Gasteiger partial charge in [0.2, 0.25) is 0 Å². The van der Waals surface area contributed by atoms with E-state index in [4.69, 9.17) is 11.6 Å². The van der Waals surface area contributed by atoms with E-state index in [0.717, 1.165) is 18.2 Å². The molecule has 0 fully saturated rings. The largest absolute Gasteiger partial charge is 0.507 e. The molecule has 0 heterocycles. The number of non-ortho nitro benzene ring substituents is 2. The summed E-state index contributed by atoms with van der Waals surface area (Å²) < 4.78 is 0. The fourth-order valence-electron chi connectivity index (χ4n) is 2.51. The maximum atomic E-state index is 10.9. The molecule has 0 saturated heterocycles. The number of nitro benzene ring substituents is 2. The molecule has 3 aromatic rings. The van der Waals surface area contributed by atoms with E-state index in [1.54, 1.807) is 6.07 Å². The quantitative estimate of drug-likeness (QED) is 0.310. The predicted octanol–water partition coefficient (Wildman–Crippen LogP) is 5.07. The SMILES string of the molecule is O=[N+]([O-])c1ccc(O)c(/C=N/c2ccc(Cl)cc2/N=C/c2cc([N+](=O)[O-])ccc2O)c1. The van der Waals surface area contributed by atoms with Crippen LogP contribution in [0.15, 0.2) is 64.6 Å². The monoisotopic (exact) mass is 440 g/mol. The minimum Gasteiger partial charge on any atom is -0.507 e. The van der Waals surface area contributed by atoms with E-state index in [1.165, 1.54) is 42.8 Å². The molecule has 0 amide bonds. The summed E-state index contributed by atoms with van der Waals surface area (Å²) in [7, 11) is 0. The van der Waals surface area contributed by atoms with Gasteiger partial charge in [-0.05, 0) is 30.3 Å². The first-order valence-electron chi connectivity index (χ1n) is 8.57. The van der Waals surface area contributed by atoms with Crippen LogP contribution in [0.2, 0.25) is 5.02 Å². The fraction of sp³-hybridized carbons (Fsp3) is 0. The van der Waals surface area contributed by atoms with Gasteiger partial charge in [0.05, 0.1) is 21.2 Å².